The van der Waals surface area contributed by atoms with Gasteiger partial charge in [-0.2, -0.15) is 26.3 Å². The molecule has 0 aliphatic heterocycles. The Bertz CT molecular complexity index is 871. The zero-order valence-corrected chi connectivity index (χ0v) is 12.6. The van der Waals surface area contributed by atoms with Gasteiger partial charge in [0.2, 0.25) is 0 Å². The van der Waals surface area contributed by atoms with Gasteiger partial charge in [-0.3, -0.25) is 10.1 Å². The van der Waals surface area contributed by atoms with Crippen molar-refractivity contribution in [2.45, 2.75) is 21.7 Å². The highest BCUT2D eigenvalue weighted by Crippen LogP contribution is 2.35. The van der Waals surface area contributed by atoms with E-state index in [0.29, 0.717) is 0 Å². The molecule has 7 nitrogen and oxygen atoms in total. The molecule has 0 atom stereocenters. The zero-order chi connectivity index (χ0) is 19.1. The van der Waals surface area contributed by atoms with Gasteiger partial charge in [0.25, 0.3) is 25.4 Å². The van der Waals surface area contributed by atoms with Crippen molar-refractivity contribution in [3.8, 4) is 0 Å². The quantitative estimate of drug-likeness (QED) is 0.435. The smallest absolute Gasteiger partial charge is 0.258 e. The predicted octanol–water partition coefficient (Wildman–Crippen LogP) is 2.32. The number of hydrogen-bond acceptors (Lipinski definition) is 6. The Labute approximate surface area is 129 Å². The maximum Gasteiger partial charge on any atom is 0.501 e. The first kappa shape index (κ1) is 20.1. The molecule has 24 heavy (non-hydrogen) atoms. The Kier molecular flexibility index (Phi) is 4.93. The molecule has 0 heterocycles. The van der Waals surface area contributed by atoms with Crippen molar-refractivity contribution in [1.82, 2.24) is 0 Å². The molecule has 1 aromatic carbocycles. The molecule has 1 aromatic rings. The summed E-state index contributed by atoms with van der Waals surface area (Å²) in [6.45, 7) is 0. The number of rotatable bonds is 4. The summed E-state index contributed by atoms with van der Waals surface area (Å²) in [4.78, 5) is 7.65. The molecule has 0 saturated carbocycles. The second-order valence-corrected chi connectivity index (χ2v) is 8.12. The number of alkyl halides is 6. The molecular weight excluding hydrogens is 396 g/mol. The topological polar surface area (TPSA) is 111 Å². The summed E-state index contributed by atoms with van der Waals surface area (Å²) in [5, 5.41) is 10.7. The molecule has 0 saturated heterocycles. The molecule has 0 amide bonds. The van der Waals surface area contributed by atoms with Crippen LogP contribution in [-0.4, -0.2) is 32.8 Å². The van der Waals surface area contributed by atoms with Gasteiger partial charge in [0.1, 0.15) is 0 Å². The standard InChI is InChI=1S/C9H5F6NO6S2/c10-8(11,12)23(19,20)4-5-1-2-6(3-7(5)16(17)18)24(21,22)9(13,14)15/h1-3H,4H2. The SMILES string of the molecule is O=[N+]([O-])c1cc(S(=O)(=O)C(F)(F)F)ccc1CS(=O)(=O)C(F)(F)F. The van der Waals surface area contributed by atoms with Crippen molar-refractivity contribution in [3.63, 3.8) is 0 Å². The molecule has 0 bridgehead atoms. The summed E-state index contributed by atoms with van der Waals surface area (Å²) in [6, 6.07) is 0.196. The molecule has 0 unspecified atom stereocenters. The van der Waals surface area contributed by atoms with Crippen LogP contribution in [0.25, 0.3) is 0 Å². The number of halogens is 6. The molecule has 0 fully saturated rings. The van der Waals surface area contributed by atoms with E-state index in [-0.39, 0.29) is 18.2 Å². The number of nitro groups is 1. The van der Waals surface area contributed by atoms with Gasteiger partial charge in [0, 0.05) is 11.6 Å². The Hall–Kier alpha value is -1.90. The van der Waals surface area contributed by atoms with Crippen LogP contribution in [0.5, 0.6) is 0 Å². The van der Waals surface area contributed by atoms with E-state index in [1.807, 2.05) is 0 Å². The Morgan fingerprint density at radius 1 is 0.958 bits per heavy atom. The number of benzene rings is 1. The van der Waals surface area contributed by atoms with E-state index >= 15 is 0 Å². The maximum absolute atomic E-state index is 12.4. The van der Waals surface area contributed by atoms with Crippen LogP contribution >= 0.6 is 0 Å². The Balaban J connectivity index is 3.52. The van der Waals surface area contributed by atoms with E-state index in [9.17, 15) is 53.3 Å². The van der Waals surface area contributed by atoms with Crippen LogP contribution in [0.3, 0.4) is 0 Å². The minimum absolute atomic E-state index is 0.136. The molecule has 0 aromatic heterocycles. The maximum atomic E-state index is 12.4. The predicted molar refractivity (Wildman–Crippen MR) is 65.0 cm³/mol. The fourth-order valence-corrected chi connectivity index (χ4v) is 3.02. The van der Waals surface area contributed by atoms with E-state index < -0.39 is 57.5 Å². The van der Waals surface area contributed by atoms with Gasteiger partial charge in [-0.1, -0.05) is 0 Å². The third-order valence-corrected chi connectivity index (χ3v) is 5.45. The van der Waals surface area contributed by atoms with Crippen molar-refractivity contribution < 1.29 is 48.1 Å². The second-order valence-electron chi connectivity index (χ2n) is 4.20. The molecular formula is C9H5F6NO6S2. The lowest BCUT2D eigenvalue weighted by Gasteiger charge is -2.11. The third kappa shape index (κ3) is 3.77. The fraction of sp³-hybridized carbons (Fsp3) is 0.333. The fourth-order valence-electron chi connectivity index (χ4n) is 1.42. The molecule has 0 spiro atoms. The van der Waals surface area contributed by atoms with E-state index in [1.165, 1.54) is 0 Å². The van der Waals surface area contributed by atoms with Gasteiger partial charge in [-0.05, 0) is 12.1 Å². The third-order valence-electron chi connectivity index (χ3n) is 2.57. The van der Waals surface area contributed by atoms with E-state index in [0.717, 1.165) is 0 Å². The van der Waals surface area contributed by atoms with Crippen molar-refractivity contribution in [3.05, 3.63) is 33.9 Å². The van der Waals surface area contributed by atoms with E-state index in [2.05, 4.69) is 0 Å². The van der Waals surface area contributed by atoms with Gasteiger partial charge in [0.05, 0.1) is 15.6 Å². The molecule has 136 valence electrons. The van der Waals surface area contributed by atoms with Crippen molar-refractivity contribution in [2.75, 3.05) is 0 Å². The Morgan fingerprint density at radius 2 is 1.46 bits per heavy atom. The molecule has 15 heteroatoms. The number of hydrogen-bond donors (Lipinski definition) is 0. The van der Waals surface area contributed by atoms with Crippen LogP contribution in [-0.2, 0) is 25.4 Å². The van der Waals surface area contributed by atoms with Crippen molar-refractivity contribution in [2.24, 2.45) is 0 Å². The first-order valence-corrected chi connectivity index (χ1v) is 8.52. The number of sulfone groups is 2. The van der Waals surface area contributed by atoms with Crippen molar-refractivity contribution in [1.29, 1.82) is 0 Å². The summed E-state index contributed by atoms with van der Waals surface area (Å²) in [5.41, 5.74) is -14.2. The average Bonchev–Trinajstić information content (AvgIpc) is 2.35. The lowest BCUT2D eigenvalue weighted by Crippen LogP contribution is -2.25. The second kappa shape index (κ2) is 5.87. The van der Waals surface area contributed by atoms with E-state index in [4.69, 9.17) is 0 Å². The normalized spacial score (nSPS) is 13.8. The summed E-state index contributed by atoms with van der Waals surface area (Å²) in [6.07, 6.45) is 0. The molecule has 0 N–H and O–H groups in total. The van der Waals surface area contributed by atoms with Crippen LogP contribution in [0.2, 0.25) is 0 Å². The summed E-state index contributed by atoms with van der Waals surface area (Å²) in [5.74, 6) is -1.93. The average molecular weight is 401 g/mol. The van der Waals surface area contributed by atoms with E-state index in [1.54, 1.807) is 0 Å². The lowest BCUT2D eigenvalue weighted by atomic mass is 10.2. The van der Waals surface area contributed by atoms with Gasteiger partial charge >= 0.3 is 11.0 Å². The minimum atomic E-state index is -6.00. The van der Waals surface area contributed by atoms with Gasteiger partial charge in [-0.15, -0.1) is 0 Å². The molecule has 0 aliphatic carbocycles. The summed E-state index contributed by atoms with van der Waals surface area (Å²) in [7, 11) is -11.9. The first-order chi connectivity index (χ1) is 10.5. The van der Waals surface area contributed by atoms with Crippen molar-refractivity contribution >= 4 is 25.4 Å². The molecule has 0 aliphatic rings. The van der Waals surface area contributed by atoms with Crippen LogP contribution < -0.4 is 0 Å². The largest absolute Gasteiger partial charge is 0.501 e. The first-order valence-electron chi connectivity index (χ1n) is 5.38. The lowest BCUT2D eigenvalue weighted by molar-refractivity contribution is -0.385. The van der Waals surface area contributed by atoms with Crippen LogP contribution in [0.1, 0.15) is 5.56 Å². The Morgan fingerprint density at radius 3 is 1.83 bits per heavy atom. The van der Waals surface area contributed by atoms with Gasteiger partial charge in [-0.25, -0.2) is 16.8 Å². The highest BCUT2D eigenvalue weighted by molar-refractivity contribution is 7.92. The zero-order valence-electron chi connectivity index (χ0n) is 10.9. The highest BCUT2D eigenvalue weighted by Gasteiger charge is 2.49. The minimum Gasteiger partial charge on any atom is -0.258 e. The monoisotopic (exact) mass is 401 g/mol. The molecule has 1 rings (SSSR count). The molecule has 0 radical (unpaired) electrons. The van der Waals surface area contributed by atoms with Gasteiger partial charge < -0.3 is 0 Å². The summed E-state index contributed by atoms with van der Waals surface area (Å²) >= 11 is 0. The highest BCUT2D eigenvalue weighted by atomic mass is 32.2. The van der Waals surface area contributed by atoms with Gasteiger partial charge in [0.15, 0.2) is 0 Å². The summed E-state index contributed by atoms with van der Waals surface area (Å²) < 4.78 is 118. The van der Waals surface area contributed by atoms with Crippen LogP contribution in [0.15, 0.2) is 23.1 Å². The number of nitro benzene ring substituents is 1. The van der Waals surface area contributed by atoms with Crippen LogP contribution in [0, 0.1) is 10.1 Å². The number of nitrogens with zero attached hydrogens (tertiary/aromatic N) is 1. The van der Waals surface area contributed by atoms with Crippen LogP contribution in [0.4, 0.5) is 32.0 Å².